The summed E-state index contributed by atoms with van der Waals surface area (Å²) in [6.07, 6.45) is 1.85. The van der Waals surface area contributed by atoms with Crippen molar-refractivity contribution in [3.63, 3.8) is 0 Å². The van der Waals surface area contributed by atoms with Gasteiger partial charge in [-0.2, -0.15) is 0 Å². The molecule has 130 valence electrons. The normalized spacial score (nSPS) is 23.2. The molecule has 0 aromatic heterocycles. The fourth-order valence-electron chi connectivity index (χ4n) is 3.86. The average Bonchev–Trinajstić information content (AvgIpc) is 3.17. The highest BCUT2D eigenvalue weighted by Crippen LogP contribution is 2.44. The summed E-state index contributed by atoms with van der Waals surface area (Å²) in [6.45, 7) is 0.925. The summed E-state index contributed by atoms with van der Waals surface area (Å²) in [4.78, 5) is 17.3. The van der Waals surface area contributed by atoms with Crippen LogP contribution in [0.2, 0.25) is 5.02 Å². The number of ether oxygens (including phenoxy) is 1. The van der Waals surface area contributed by atoms with E-state index in [9.17, 15) is 4.79 Å². The molecule has 0 saturated carbocycles. The standard InChI is InChI=1S/C19H18BrClN2O2/c1-25-17-8-7-14(11-15(17)21)23-18(12-4-2-5-13(20)10-12)22-9-3-6-16(22)19(23)24/h2,4-5,7-8,10-11,16,18H,3,6,9H2,1H3/t16-,18+/m0/s1. The number of anilines is 1. The maximum atomic E-state index is 13.1. The molecule has 2 aliphatic rings. The van der Waals surface area contributed by atoms with Gasteiger partial charge in [0.25, 0.3) is 0 Å². The van der Waals surface area contributed by atoms with E-state index in [1.807, 2.05) is 35.2 Å². The summed E-state index contributed by atoms with van der Waals surface area (Å²) in [6, 6.07) is 13.6. The van der Waals surface area contributed by atoms with Crippen molar-refractivity contribution in [1.29, 1.82) is 0 Å². The number of rotatable bonds is 3. The highest BCUT2D eigenvalue weighted by Gasteiger charge is 2.49. The van der Waals surface area contributed by atoms with Gasteiger partial charge in [-0.3, -0.25) is 14.6 Å². The molecule has 2 aromatic carbocycles. The predicted octanol–water partition coefficient (Wildman–Crippen LogP) is 4.62. The van der Waals surface area contributed by atoms with Gasteiger partial charge in [0.1, 0.15) is 11.9 Å². The van der Waals surface area contributed by atoms with Crippen molar-refractivity contribution in [2.24, 2.45) is 0 Å². The summed E-state index contributed by atoms with van der Waals surface area (Å²) < 4.78 is 6.25. The molecule has 4 rings (SSSR count). The largest absolute Gasteiger partial charge is 0.495 e. The van der Waals surface area contributed by atoms with Crippen LogP contribution >= 0.6 is 27.5 Å². The van der Waals surface area contributed by atoms with Crippen molar-refractivity contribution >= 4 is 39.1 Å². The van der Waals surface area contributed by atoms with Crippen molar-refractivity contribution < 1.29 is 9.53 Å². The highest BCUT2D eigenvalue weighted by molar-refractivity contribution is 9.10. The Morgan fingerprint density at radius 1 is 1.24 bits per heavy atom. The zero-order valence-corrected chi connectivity index (χ0v) is 16.1. The second-order valence-corrected chi connectivity index (χ2v) is 7.67. The molecule has 4 nitrogen and oxygen atoms in total. The van der Waals surface area contributed by atoms with E-state index in [0.717, 1.165) is 35.1 Å². The Bertz CT molecular complexity index is 829. The number of amides is 1. The van der Waals surface area contributed by atoms with Gasteiger partial charge in [-0.25, -0.2) is 0 Å². The maximum absolute atomic E-state index is 13.1. The Hall–Kier alpha value is -1.56. The molecule has 2 aliphatic heterocycles. The first-order chi connectivity index (χ1) is 12.1. The molecule has 0 bridgehead atoms. The predicted molar refractivity (Wildman–Crippen MR) is 102 cm³/mol. The van der Waals surface area contributed by atoms with Gasteiger partial charge >= 0.3 is 0 Å². The Kier molecular flexibility index (Phi) is 4.48. The van der Waals surface area contributed by atoms with Crippen LogP contribution in [0.5, 0.6) is 5.75 Å². The number of methoxy groups -OCH3 is 1. The Balaban J connectivity index is 1.80. The van der Waals surface area contributed by atoms with Crippen LogP contribution < -0.4 is 9.64 Å². The molecule has 0 spiro atoms. The molecule has 2 heterocycles. The van der Waals surface area contributed by atoms with Gasteiger partial charge in [0.05, 0.1) is 18.2 Å². The molecular formula is C19H18BrClN2O2. The minimum atomic E-state index is -0.109. The number of halogens is 2. The van der Waals surface area contributed by atoms with Crippen molar-refractivity contribution in [3.8, 4) is 5.75 Å². The van der Waals surface area contributed by atoms with Crippen LogP contribution in [0.4, 0.5) is 5.69 Å². The van der Waals surface area contributed by atoms with Crippen LogP contribution in [0.25, 0.3) is 0 Å². The molecule has 2 aromatic rings. The summed E-state index contributed by atoms with van der Waals surface area (Å²) >= 11 is 9.86. The van der Waals surface area contributed by atoms with Crippen LogP contribution in [-0.4, -0.2) is 30.5 Å². The van der Waals surface area contributed by atoms with E-state index in [4.69, 9.17) is 16.3 Å². The van der Waals surface area contributed by atoms with Crippen LogP contribution in [-0.2, 0) is 4.79 Å². The molecule has 2 saturated heterocycles. The zero-order chi connectivity index (χ0) is 17.6. The SMILES string of the molecule is COc1ccc(N2C(=O)[C@@H]3CCCN3[C@H]2c2cccc(Br)c2)cc1Cl. The second-order valence-electron chi connectivity index (χ2n) is 6.35. The van der Waals surface area contributed by atoms with E-state index in [1.54, 1.807) is 7.11 Å². The third kappa shape index (κ3) is 2.84. The third-order valence-electron chi connectivity index (χ3n) is 4.94. The van der Waals surface area contributed by atoms with E-state index in [0.29, 0.717) is 10.8 Å². The molecule has 0 N–H and O–H groups in total. The van der Waals surface area contributed by atoms with Crippen LogP contribution in [0.1, 0.15) is 24.6 Å². The van der Waals surface area contributed by atoms with Gasteiger partial charge < -0.3 is 4.74 Å². The van der Waals surface area contributed by atoms with E-state index >= 15 is 0 Å². The minimum absolute atomic E-state index is 0.0511. The molecular weight excluding hydrogens is 404 g/mol. The summed E-state index contributed by atoms with van der Waals surface area (Å²) in [7, 11) is 1.59. The number of hydrogen-bond acceptors (Lipinski definition) is 3. The number of benzene rings is 2. The summed E-state index contributed by atoms with van der Waals surface area (Å²) in [5, 5.41) is 0.507. The first-order valence-corrected chi connectivity index (χ1v) is 9.45. The zero-order valence-electron chi connectivity index (χ0n) is 13.8. The minimum Gasteiger partial charge on any atom is -0.495 e. The van der Waals surface area contributed by atoms with E-state index in [-0.39, 0.29) is 18.1 Å². The Morgan fingerprint density at radius 3 is 2.80 bits per heavy atom. The molecule has 6 heteroatoms. The topological polar surface area (TPSA) is 32.8 Å². The van der Waals surface area contributed by atoms with Crippen molar-refractivity contribution in [2.75, 3.05) is 18.6 Å². The second kappa shape index (κ2) is 6.63. The molecule has 2 atom stereocenters. The number of nitrogens with zero attached hydrogens (tertiary/aromatic N) is 2. The first-order valence-electron chi connectivity index (χ1n) is 8.28. The summed E-state index contributed by atoms with van der Waals surface area (Å²) in [5.74, 6) is 0.750. The lowest BCUT2D eigenvalue weighted by Crippen LogP contribution is -2.32. The molecule has 0 unspecified atom stereocenters. The van der Waals surface area contributed by atoms with E-state index in [2.05, 4.69) is 33.0 Å². The monoisotopic (exact) mass is 420 g/mol. The molecule has 0 radical (unpaired) electrons. The van der Waals surface area contributed by atoms with Crippen LogP contribution in [0.15, 0.2) is 46.9 Å². The van der Waals surface area contributed by atoms with Crippen molar-refractivity contribution in [2.45, 2.75) is 25.0 Å². The van der Waals surface area contributed by atoms with Crippen molar-refractivity contribution in [1.82, 2.24) is 4.90 Å². The van der Waals surface area contributed by atoms with Gasteiger partial charge in [0.2, 0.25) is 5.91 Å². The third-order valence-corrected chi connectivity index (χ3v) is 5.72. The van der Waals surface area contributed by atoms with Crippen molar-refractivity contribution in [3.05, 3.63) is 57.5 Å². The molecule has 2 fully saturated rings. The Morgan fingerprint density at radius 2 is 2.08 bits per heavy atom. The lowest BCUT2D eigenvalue weighted by Gasteiger charge is -2.30. The smallest absolute Gasteiger partial charge is 0.246 e. The fraction of sp³-hybridized carbons (Fsp3) is 0.316. The van der Waals surface area contributed by atoms with E-state index in [1.165, 1.54) is 0 Å². The number of hydrogen-bond donors (Lipinski definition) is 0. The summed E-state index contributed by atoms with van der Waals surface area (Å²) in [5.41, 5.74) is 1.90. The van der Waals surface area contributed by atoms with Crippen LogP contribution in [0, 0.1) is 0 Å². The number of carbonyl (C=O) groups excluding carboxylic acids is 1. The number of carbonyl (C=O) groups is 1. The highest BCUT2D eigenvalue weighted by atomic mass is 79.9. The van der Waals surface area contributed by atoms with E-state index < -0.39 is 0 Å². The number of fused-ring (bicyclic) bond motifs is 1. The van der Waals surface area contributed by atoms with Gasteiger partial charge in [0.15, 0.2) is 0 Å². The fourth-order valence-corrected chi connectivity index (χ4v) is 4.53. The maximum Gasteiger partial charge on any atom is 0.246 e. The van der Waals surface area contributed by atoms with Gasteiger partial charge in [-0.15, -0.1) is 0 Å². The quantitative estimate of drug-likeness (QED) is 0.725. The van der Waals surface area contributed by atoms with Gasteiger partial charge in [-0.05, 0) is 48.7 Å². The van der Waals surface area contributed by atoms with Crippen LogP contribution in [0.3, 0.4) is 0 Å². The van der Waals surface area contributed by atoms with Gasteiger partial charge in [0, 0.05) is 16.7 Å². The lowest BCUT2D eigenvalue weighted by atomic mass is 10.1. The Labute approximate surface area is 160 Å². The molecule has 25 heavy (non-hydrogen) atoms. The van der Waals surface area contributed by atoms with Gasteiger partial charge in [-0.1, -0.05) is 39.7 Å². The first kappa shape index (κ1) is 16.9. The average molecular weight is 422 g/mol. The lowest BCUT2D eigenvalue weighted by molar-refractivity contribution is -0.119. The molecule has 1 amide bonds. The molecule has 0 aliphatic carbocycles.